The number of rotatable bonds is 55. The molecule has 0 spiro atoms. The molecule has 8 nitrogen and oxygen atoms in total. The van der Waals surface area contributed by atoms with Crippen LogP contribution >= 0.6 is 7.60 Å². The first-order valence-electron chi connectivity index (χ1n) is 29.3. The van der Waals surface area contributed by atoms with Gasteiger partial charge in [0.1, 0.15) is 6.10 Å². The third-order valence-corrected chi connectivity index (χ3v) is 15.9. The van der Waals surface area contributed by atoms with E-state index in [0.717, 1.165) is 44.9 Å². The summed E-state index contributed by atoms with van der Waals surface area (Å²) in [6, 6.07) is 0. The molecule has 0 aromatic heterocycles. The minimum absolute atomic E-state index is 0.00607. The number of hydrogen-bond donors (Lipinski definition) is 3. The average Bonchev–Trinajstić information content (AvgIpc) is 3.30. The summed E-state index contributed by atoms with van der Waals surface area (Å²) in [5, 5.41) is 19.1. The Bertz CT molecular complexity index is 1100. The lowest BCUT2D eigenvalue weighted by Gasteiger charge is -2.39. The molecule has 0 saturated carbocycles. The van der Waals surface area contributed by atoms with E-state index in [-0.39, 0.29) is 17.5 Å². The molecule has 0 aliphatic carbocycles. The highest BCUT2D eigenvalue weighted by molar-refractivity contribution is 7.53. The fraction of sp³-hybridized carbons (Fsp3) is 0.931. The van der Waals surface area contributed by atoms with Crippen molar-refractivity contribution in [2.75, 3.05) is 47.1 Å². The summed E-state index contributed by atoms with van der Waals surface area (Å²) in [5.41, 5.74) is 0. The third kappa shape index (κ3) is 46.3. The number of ether oxygens (including phenoxy) is 2. The number of hydrogen-bond acceptors (Lipinski definition) is 6. The normalized spacial score (nSPS) is 14.3. The molecule has 0 bridgehead atoms. The molecule has 0 aromatic rings. The lowest BCUT2D eigenvalue weighted by molar-refractivity contribution is -0.904. The molecule has 0 heterocycles. The molecule has 9 heteroatoms. The molecular formula is C58H117NO7P+. The molecule has 0 saturated heterocycles. The van der Waals surface area contributed by atoms with Gasteiger partial charge in [-0.2, -0.15) is 0 Å². The molecule has 0 aromatic carbocycles. The largest absolute Gasteiger partial charge is 0.385 e. The van der Waals surface area contributed by atoms with E-state index in [1.54, 1.807) is 0 Å². The first-order chi connectivity index (χ1) is 32.6. The predicted molar refractivity (Wildman–Crippen MR) is 290 cm³/mol. The van der Waals surface area contributed by atoms with Crippen LogP contribution in [-0.4, -0.2) is 84.8 Å². The Morgan fingerprint density at radius 2 is 0.791 bits per heavy atom. The topological polar surface area (TPSA) is 105 Å². The average molecular weight is 972 g/mol. The second-order valence-corrected chi connectivity index (χ2v) is 22.9. The summed E-state index contributed by atoms with van der Waals surface area (Å²) in [4.78, 5) is 11.4. The van der Waals surface area contributed by atoms with Gasteiger partial charge >= 0.3 is 7.60 Å². The molecule has 2 unspecified atom stereocenters. The Hall–Kier alpha value is -0.570. The van der Waals surface area contributed by atoms with Crippen molar-refractivity contribution in [1.29, 1.82) is 0 Å². The summed E-state index contributed by atoms with van der Waals surface area (Å²) in [6.45, 7) is 8.65. The minimum atomic E-state index is -4.07. The van der Waals surface area contributed by atoms with Crippen LogP contribution in [0.1, 0.15) is 284 Å². The first kappa shape index (κ1) is 66.4. The molecule has 0 fully saturated rings. The quantitative estimate of drug-likeness (QED) is 0.0183. The van der Waals surface area contributed by atoms with Crippen molar-refractivity contribution in [1.82, 2.24) is 0 Å². The van der Waals surface area contributed by atoms with Gasteiger partial charge < -0.3 is 33.6 Å². The molecule has 400 valence electrons. The van der Waals surface area contributed by atoms with Gasteiger partial charge in [-0.05, 0) is 70.6 Å². The Morgan fingerprint density at radius 1 is 0.448 bits per heavy atom. The molecule has 0 aliphatic heterocycles. The zero-order valence-corrected chi connectivity index (χ0v) is 46.3. The van der Waals surface area contributed by atoms with Crippen LogP contribution < -0.4 is 0 Å². The van der Waals surface area contributed by atoms with Crippen molar-refractivity contribution in [3.63, 3.8) is 0 Å². The van der Waals surface area contributed by atoms with Crippen LogP contribution in [0.15, 0.2) is 24.3 Å². The highest BCUT2D eigenvalue weighted by Gasteiger charge is 2.44. The van der Waals surface area contributed by atoms with Crippen molar-refractivity contribution in [3.05, 3.63) is 24.3 Å². The SMILES string of the molecule is CCCCCCCC/C=C\CCCCCCCCCCCCOC[C@H](COP(=O)(O)C(CCCCC)[N+](C)(C)CCC(O)O)OCCCCCCCCCCCC/C=C\CCCCCCCC. The number of aliphatic hydroxyl groups is 2. The first-order valence-corrected chi connectivity index (χ1v) is 30.9. The zero-order chi connectivity index (χ0) is 49.2. The number of aliphatic hydroxyl groups excluding tert-OH is 1. The Kier molecular flexibility index (Phi) is 49.9. The van der Waals surface area contributed by atoms with Crippen LogP contribution in [-0.2, 0) is 18.6 Å². The fourth-order valence-corrected chi connectivity index (χ4v) is 11.1. The number of allylic oxidation sites excluding steroid dienone is 4. The summed E-state index contributed by atoms with van der Waals surface area (Å²) in [6.07, 6.45) is 58.1. The van der Waals surface area contributed by atoms with Crippen molar-refractivity contribution in [3.8, 4) is 0 Å². The van der Waals surface area contributed by atoms with Gasteiger partial charge in [-0.3, -0.25) is 4.57 Å². The second-order valence-electron chi connectivity index (χ2n) is 20.9. The Balaban J connectivity index is 4.53. The van der Waals surface area contributed by atoms with E-state index in [1.165, 1.54) is 205 Å². The van der Waals surface area contributed by atoms with Crippen LogP contribution in [0.25, 0.3) is 0 Å². The zero-order valence-electron chi connectivity index (χ0n) is 45.4. The highest BCUT2D eigenvalue weighted by Crippen LogP contribution is 2.52. The van der Waals surface area contributed by atoms with E-state index in [0.29, 0.717) is 32.8 Å². The maximum Gasteiger partial charge on any atom is 0.385 e. The van der Waals surface area contributed by atoms with E-state index in [4.69, 9.17) is 14.0 Å². The van der Waals surface area contributed by atoms with E-state index in [9.17, 15) is 19.7 Å². The maximum atomic E-state index is 13.9. The monoisotopic (exact) mass is 971 g/mol. The van der Waals surface area contributed by atoms with Crippen LogP contribution in [0.4, 0.5) is 0 Å². The van der Waals surface area contributed by atoms with E-state index in [2.05, 4.69) is 45.1 Å². The van der Waals surface area contributed by atoms with Crippen molar-refractivity contribution < 1.29 is 38.2 Å². The van der Waals surface area contributed by atoms with Crippen LogP contribution in [0, 0.1) is 0 Å². The smallest absolute Gasteiger partial charge is 0.379 e. The molecule has 0 radical (unpaired) electrons. The van der Waals surface area contributed by atoms with Gasteiger partial charge in [0, 0.05) is 26.1 Å². The van der Waals surface area contributed by atoms with Crippen LogP contribution in [0.3, 0.4) is 0 Å². The standard InChI is InChI=1S/C58H116NO7P/c1-6-9-12-14-16-18-20-22-24-26-28-30-32-34-36-38-40-42-44-47-52-64-54-56(55-66-67(62,63)57(49-46-11-8-3)59(4,5)51-50-58(60)61)65-53-48-45-43-41-39-37-35-33-31-29-27-25-23-21-19-17-15-13-10-7-2/h22-25,56-58,60-61H,6-21,26-55H2,1-5H3/p+1/b24-22-,25-23-/t56-,57?/m1/s1. The molecular weight excluding hydrogens is 854 g/mol. The lowest BCUT2D eigenvalue weighted by Crippen LogP contribution is -2.50. The van der Waals surface area contributed by atoms with Gasteiger partial charge in [0.15, 0.2) is 12.1 Å². The van der Waals surface area contributed by atoms with Crippen molar-refractivity contribution in [2.24, 2.45) is 0 Å². The number of quaternary nitrogens is 1. The van der Waals surface area contributed by atoms with E-state index < -0.39 is 25.8 Å². The van der Waals surface area contributed by atoms with Crippen molar-refractivity contribution >= 4 is 7.60 Å². The molecule has 0 amide bonds. The van der Waals surface area contributed by atoms with Crippen LogP contribution in [0.5, 0.6) is 0 Å². The molecule has 3 N–H and O–H groups in total. The van der Waals surface area contributed by atoms with Crippen molar-refractivity contribution in [2.45, 2.75) is 302 Å². The molecule has 0 rings (SSSR count). The lowest BCUT2D eigenvalue weighted by atomic mass is 10.1. The summed E-state index contributed by atoms with van der Waals surface area (Å²) in [7, 11) is -0.299. The predicted octanol–water partition coefficient (Wildman–Crippen LogP) is 17.5. The fourth-order valence-electron chi connectivity index (χ4n) is 9.18. The van der Waals surface area contributed by atoms with Gasteiger partial charge in [-0.25, -0.2) is 0 Å². The second kappa shape index (κ2) is 50.4. The summed E-state index contributed by atoms with van der Waals surface area (Å²) in [5.74, 6) is -0.659. The maximum absolute atomic E-state index is 13.9. The van der Waals surface area contributed by atoms with Crippen LogP contribution in [0.2, 0.25) is 0 Å². The van der Waals surface area contributed by atoms with Gasteiger partial charge in [0.25, 0.3) is 0 Å². The number of unbranched alkanes of at least 4 members (excludes halogenated alkanes) is 34. The van der Waals surface area contributed by atoms with Gasteiger partial charge in [-0.15, -0.1) is 0 Å². The summed E-state index contributed by atoms with van der Waals surface area (Å²) < 4.78 is 32.5. The van der Waals surface area contributed by atoms with E-state index in [1.807, 2.05) is 14.1 Å². The Labute approximate surface area is 417 Å². The molecule has 67 heavy (non-hydrogen) atoms. The van der Waals surface area contributed by atoms with Gasteiger partial charge in [-0.1, -0.05) is 225 Å². The summed E-state index contributed by atoms with van der Waals surface area (Å²) >= 11 is 0. The van der Waals surface area contributed by atoms with Gasteiger partial charge in [0.05, 0.1) is 33.9 Å². The highest BCUT2D eigenvalue weighted by atomic mass is 31.2. The van der Waals surface area contributed by atoms with E-state index >= 15 is 0 Å². The third-order valence-electron chi connectivity index (χ3n) is 13.8. The molecule has 0 aliphatic rings. The minimum Gasteiger partial charge on any atom is -0.379 e. The van der Waals surface area contributed by atoms with Gasteiger partial charge in [0.2, 0.25) is 0 Å². The molecule has 3 atom stereocenters. The Morgan fingerprint density at radius 3 is 1.18 bits per heavy atom. The number of nitrogens with zero attached hydrogens (tertiary/aromatic N) is 1.